The van der Waals surface area contributed by atoms with E-state index in [0.29, 0.717) is 12.5 Å². The quantitative estimate of drug-likeness (QED) is 0.813. The van der Waals surface area contributed by atoms with Crippen molar-refractivity contribution in [1.29, 1.82) is 0 Å². The van der Waals surface area contributed by atoms with E-state index in [4.69, 9.17) is 0 Å². The smallest absolute Gasteiger partial charge is 0.257 e. The first-order valence-corrected chi connectivity index (χ1v) is 7.01. The van der Waals surface area contributed by atoms with E-state index >= 15 is 0 Å². The molecule has 0 unspecified atom stereocenters. The molecule has 5 heteroatoms. The number of benzene rings is 1. The van der Waals surface area contributed by atoms with Crippen molar-refractivity contribution in [2.45, 2.75) is 19.4 Å². The minimum atomic E-state index is -0.0124. The third-order valence-electron chi connectivity index (χ3n) is 4.07. The van der Waals surface area contributed by atoms with Crippen LogP contribution in [0.25, 0.3) is 0 Å². The maximum Gasteiger partial charge on any atom is 0.257 e. The number of para-hydroxylation sites is 1. The normalized spacial score (nSPS) is 16.9. The van der Waals surface area contributed by atoms with Crippen LogP contribution >= 0.6 is 0 Å². The minimum absolute atomic E-state index is 0.0124. The van der Waals surface area contributed by atoms with Gasteiger partial charge in [0.05, 0.1) is 11.3 Å². The number of hydrogen-bond donors (Lipinski definition) is 2. The lowest BCUT2D eigenvalue weighted by Crippen LogP contribution is -2.33. The van der Waals surface area contributed by atoms with Crippen LogP contribution in [0, 0.1) is 0 Å². The van der Waals surface area contributed by atoms with Crippen molar-refractivity contribution in [2.24, 2.45) is 0 Å². The molecule has 0 aliphatic carbocycles. The summed E-state index contributed by atoms with van der Waals surface area (Å²) in [7, 11) is 0. The first-order chi connectivity index (χ1) is 9.83. The number of anilines is 2. The molecule has 4 rings (SSSR count). The van der Waals surface area contributed by atoms with Crippen LogP contribution < -0.4 is 15.8 Å². The fraction of sp³-hybridized carbons (Fsp3) is 0.333. The molecule has 2 N–H and O–H groups in total. The van der Waals surface area contributed by atoms with Gasteiger partial charge >= 0.3 is 0 Å². The van der Waals surface area contributed by atoms with Crippen LogP contribution in [0.3, 0.4) is 0 Å². The fourth-order valence-corrected chi connectivity index (χ4v) is 3.03. The lowest BCUT2D eigenvalue weighted by Gasteiger charge is -2.21. The molecule has 0 saturated heterocycles. The Kier molecular flexibility index (Phi) is 2.60. The van der Waals surface area contributed by atoms with Crippen molar-refractivity contribution in [1.82, 2.24) is 15.3 Å². The molecule has 0 amide bonds. The van der Waals surface area contributed by atoms with Gasteiger partial charge in [0.15, 0.2) is 0 Å². The number of rotatable bonds is 1. The van der Waals surface area contributed by atoms with Crippen molar-refractivity contribution in [3.05, 3.63) is 51.4 Å². The molecular weight excluding hydrogens is 252 g/mol. The van der Waals surface area contributed by atoms with Crippen LogP contribution in [0.2, 0.25) is 0 Å². The zero-order valence-corrected chi connectivity index (χ0v) is 11.1. The average Bonchev–Trinajstić information content (AvgIpc) is 2.91. The summed E-state index contributed by atoms with van der Waals surface area (Å²) < 4.78 is 0. The second-order valence-corrected chi connectivity index (χ2v) is 5.27. The third-order valence-corrected chi connectivity index (χ3v) is 4.07. The Morgan fingerprint density at radius 1 is 1.20 bits per heavy atom. The molecule has 5 nitrogen and oxygen atoms in total. The number of nitrogens with zero attached hydrogens (tertiary/aromatic N) is 2. The number of H-pyrrole nitrogens is 1. The third kappa shape index (κ3) is 1.74. The van der Waals surface area contributed by atoms with Gasteiger partial charge in [0, 0.05) is 31.7 Å². The Morgan fingerprint density at radius 2 is 2.10 bits per heavy atom. The molecule has 1 aromatic heterocycles. The van der Waals surface area contributed by atoms with Crippen LogP contribution in [0.5, 0.6) is 0 Å². The molecule has 2 aromatic rings. The van der Waals surface area contributed by atoms with Gasteiger partial charge in [0.25, 0.3) is 5.56 Å². The topological polar surface area (TPSA) is 61.0 Å². The number of nitrogens with one attached hydrogen (secondary N) is 2. The van der Waals surface area contributed by atoms with Gasteiger partial charge in [-0.05, 0) is 18.1 Å². The maximum absolute atomic E-state index is 12.2. The molecule has 0 spiro atoms. The van der Waals surface area contributed by atoms with Gasteiger partial charge in [-0.2, -0.15) is 0 Å². The van der Waals surface area contributed by atoms with Gasteiger partial charge in [-0.15, -0.1) is 0 Å². The van der Waals surface area contributed by atoms with Crippen LogP contribution in [0.4, 0.5) is 11.6 Å². The van der Waals surface area contributed by atoms with Crippen LogP contribution in [0.1, 0.15) is 16.8 Å². The van der Waals surface area contributed by atoms with Crippen LogP contribution in [-0.2, 0) is 19.4 Å². The highest BCUT2D eigenvalue weighted by Gasteiger charge is 2.23. The Hall–Kier alpha value is -2.14. The molecule has 0 bridgehead atoms. The molecule has 0 atom stereocenters. The molecule has 0 fully saturated rings. The van der Waals surface area contributed by atoms with E-state index in [9.17, 15) is 4.79 Å². The summed E-state index contributed by atoms with van der Waals surface area (Å²) in [5.74, 6) is 0.681. The molecule has 102 valence electrons. The molecular formula is C15H16N4O. The molecule has 1 aromatic carbocycles. The highest BCUT2D eigenvalue weighted by atomic mass is 16.1. The number of hydrogen-bond acceptors (Lipinski definition) is 4. The fourth-order valence-electron chi connectivity index (χ4n) is 3.03. The Bertz CT molecular complexity index is 722. The van der Waals surface area contributed by atoms with E-state index in [1.807, 2.05) is 6.07 Å². The molecule has 20 heavy (non-hydrogen) atoms. The lowest BCUT2D eigenvalue weighted by atomic mass is 10.1. The van der Waals surface area contributed by atoms with Gasteiger partial charge in [-0.3, -0.25) is 9.78 Å². The summed E-state index contributed by atoms with van der Waals surface area (Å²) in [6.07, 6.45) is 1.82. The van der Waals surface area contributed by atoms with Crippen molar-refractivity contribution < 1.29 is 0 Å². The van der Waals surface area contributed by atoms with E-state index in [2.05, 4.69) is 38.4 Å². The van der Waals surface area contributed by atoms with Crippen molar-refractivity contribution in [3.8, 4) is 0 Å². The predicted molar refractivity (Wildman–Crippen MR) is 77.4 cm³/mol. The summed E-state index contributed by atoms with van der Waals surface area (Å²) in [4.78, 5) is 21.9. The van der Waals surface area contributed by atoms with E-state index in [1.54, 1.807) is 0 Å². The molecule has 3 heterocycles. The summed E-state index contributed by atoms with van der Waals surface area (Å²) in [5, 5.41) is 3.21. The first-order valence-electron chi connectivity index (χ1n) is 7.01. The Labute approximate surface area is 116 Å². The second kappa shape index (κ2) is 4.45. The highest BCUT2D eigenvalue weighted by Crippen LogP contribution is 2.32. The number of fused-ring (bicyclic) bond motifs is 2. The largest absolute Gasteiger partial charge is 0.312 e. The molecule has 0 saturated carbocycles. The second-order valence-electron chi connectivity index (χ2n) is 5.27. The van der Waals surface area contributed by atoms with Gasteiger partial charge in [-0.25, -0.2) is 4.98 Å². The zero-order chi connectivity index (χ0) is 13.5. The predicted octanol–water partition coefficient (Wildman–Crippen LogP) is 1.11. The summed E-state index contributed by atoms with van der Waals surface area (Å²) >= 11 is 0. The van der Waals surface area contributed by atoms with Crippen molar-refractivity contribution in [2.75, 3.05) is 18.0 Å². The standard InChI is InChI=1S/C15H16N4O/c20-14-11-9-16-7-5-12(11)17-15(18-14)19-8-6-10-3-1-2-4-13(10)19/h1-4,16H,5-9H2,(H,17,18,20). The maximum atomic E-state index is 12.2. The van der Waals surface area contributed by atoms with Gasteiger partial charge in [0.1, 0.15) is 0 Å². The van der Waals surface area contributed by atoms with Crippen LogP contribution in [-0.4, -0.2) is 23.1 Å². The Morgan fingerprint density at radius 3 is 3.05 bits per heavy atom. The van der Waals surface area contributed by atoms with Gasteiger partial charge in [-0.1, -0.05) is 18.2 Å². The minimum Gasteiger partial charge on any atom is -0.312 e. The van der Waals surface area contributed by atoms with E-state index in [-0.39, 0.29) is 5.56 Å². The molecule has 0 radical (unpaired) electrons. The number of aromatic nitrogens is 2. The summed E-state index contributed by atoms with van der Waals surface area (Å²) in [6, 6.07) is 8.30. The summed E-state index contributed by atoms with van der Waals surface area (Å²) in [6.45, 7) is 2.38. The average molecular weight is 268 g/mol. The Balaban J connectivity index is 1.81. The van der Waals surface area contributed by atoms with Crippen molar-refractivity contribution in [3.63, 3.8) is 0 Å². The van der Waals surface area contributed by atoms with E-state index < -0.39 is 0 Å². The van der Waals surface area contributed by atoms with Crippen molar-refractivity contribution >= 4 is 11.6 Å². The monoisotopic (exact) mass is 268 g/mol. The first kappa shape index (κ1) is 11.7. The van der Waals surface area contributed by atoms with Crippen LogP contribution in [0.15, 0.2) is 29.1 Å². The zero-order valence-electron chi connectivity index (χ0n) is 11.1. The highest BCUT2D eigenvalue weighted by molar-refractivity contribution is 5.65. The van der Waals surface area contributed by atoms with Gasteiger partial charge < -0.3 is 10.2 Å². The molecule has 2 aliphatic heterocycles. The molecule has 2 aliphatic rings. The van der Waals surface area contributed by atoms with E-state index in [0.717, 1.165) is 42.9 Å². The lowest BCUT2D eigenvalue weighted by molar-refractivity contribution is 0.619. The SMILES string of the molecule is O=c1[nH]c(N2CCc3ccccc32)nc2c1CNCC2. The van der Waals surface area contributed by atoms with Gasteiger partial charge in [0.2, 0.25) is 5.95 Å². The van der Waals surface area contributed by atoms with E-state index in [1.165, 1.54) is 5.56 Å². The summed E-state index contributed by atoms with van der Waals surface area (Å²) in [5.41, 5.74) is 4.18. The number of aromatic amines is 1.